The Morgan fingerprint density at radius 3 is 2.35 bits per heavy atom. The number of thiophene rings is 1. The van der Waals surface area contributed by atoms with Gasteiger partial charge < -0.3 is 16.0 Å². The second-order valence-corrected chi connectivity index (χ2v) is 10.3. The lowest BCUT2D eigenvalue weighted by Crippen LogP contribution is -2.51. The fourth-order valence-electron chi connectivity index (χ4n) is 6.50. The van der Waals surface area contributed by atoms with Gasteiger partial charge in [-0.2, -0.15) is 0 Å². The van der Waals surface area contributed by atoms with Crippen molar-refractivity contribution in [3.05, 3.63) is 16.0 Å². The molecule has 4 bridgehead atoms. The van der Waals surface area contributed by atoms with Crippen LogP contribution in [0.1, 0.15) is 59.3 Å². The Labute approximate surface area is 158 Å². The average molecular weight is 374 g/mol. The van der Waals surface area contributed by atoms with Crippen LogP contribution in [0, 0.1) is 23.2 Å². The van der Waals surface area contributed by atoms with E-state index in [2.05, 4.69) is 17.3 Å². The van der Waals surface area contributed by atoms with Crippen LogP contribution in [-0.4, -0.2) is 30.3 Å². The molecule has 4 fully saturated rings. The highest BCUT2D eigenvalue weighted by molar-refractivity contribution is 7.17. The number of hydrogen-bond acceptors (Lipinski definition) is 4. The average Bonchev–Trinajstić information content (AvgIpc) is 2.90. The first-order valence-electron chi connectivity index (χ1n) is 9.88. The van der Waals surface area contributed by atoms with Gasteiger partial charge in [-0.3, -0.25) is 9.59 Å². The second kappa shape index (κ2) is 5.80. The van der Waals surface area contributed by atoms with Gasteiger partial charge in [-0.25, -0.2) is 0 Å². The first-order valence-corrected chi connectivity index (χ1v) is 10.7. The molecule has 0 aromatic carbocycles. The van der Waals surface area contributed by atoms with Crippen molar-refractivity contribution in [3.8, 4) is 0 Å². The Balaban J connectivity index is 1.45. The Kier molecular flexibility index (Phi) is 3.73. The molecule has 5 aliphatic rings. The number of anilines is 1. The molecule has 0 radical (unpaired) electrons. The Morgan fingerprint density at radius 1 is 1.15 bits per heavy atom. The third-order valence-corrected chi connectivity index (χ3v) is 8.37. The first kappa shape index (κ1) is 16.8. The summed E-state index contributed by atoms with van der Waals surface area (Å²) in [4.78, 5) is 28.9. The minimum absolute atomic E-state index is 0.144. The second-order valence-electron chi connectivity index (χ2n) is 9.21. The molecule has 5 nitrogen and oxygen atoms in total. The summed E-state index contributed by atoms with van der Waals surface area (Å²) in [5.41, 5.74) is 7.12. The molecule has 3 N–H and O–H groups in total. The lowest BCUT2D eigenvalue weighted by Gasteiger charge is -2.55. The summed E-state index contributed by atoms with van der Waals surface area (Å²) in [6.07, 6.45) is 7.88. The number of primary amides is 1. The van der Waals surface area contributed by atoms with Crippen molar-refractivity contribution >= 4 is 28.2 Å². The number of nitrogens with one attached hydrogen (secondary N) is 1. The molecule has 26 heavy (non-hydrogen) atoms. The normalized spacial score (nSPS) is 35.3. The van der Waals surface area contributed by atoms with Gasteiger partial charge in [0.05, 0.1) is 11.0 Å². The van der Waals surface area contributed by atoms with E-state index >= 15 is 0 Å². The fourth-order valence-corrected chi connectivity index (χ4v) is 7.83. The maximum atomic E-state index is 13.4. The van der Waals surface area contributed by atoms with Crippen LogP contribution in [0.2, 0.25) is 0 Å². The van der Waals surface area contributed by atoms with E-state index in [1.807, 2.05) is 0 Å². The summed E-state index contributed by atoms with van der Waals surface area (Å²) in [5, 5.41) is 3.87. The maximum Gasteiger partial charge on any atom is 0.251 e. The monoisotopic (exact) mass is 373 g/mol. The van der Waals surface area contributed by atoms with E-state index in [1.165, 1.54) is 24.1 Å². The Morgan fingerprint density at radius 2 is 1.77 bits per heavy atom. The zero-order valence-corrected chi connectivity index (χ0v) is 16.2. The van der Waals surface area contributed by atoms with E-state index in [0.717, 1.165) is 62.1 Å². The van der Waals surface area contributed by atoms with Crippen LogP contribution >= 0.6 is 11.3 Å². The lowest BCUT2D eigenvalue weighted by atomic mass is 9.49. The molecule has 6 heteroatoms. The van der Waals surface area contributed by atoms with Crippen LogP contribution < -0.4 is 11.1 Å². The minimum Gasteiger partial charge on any atom is -0.365 e. The van der Waals surface area contributed by atoms with Gasteiger partial charge in [0.15, 0.2) is 0 Å². The van der Waals surface area contributed by atoms with E-state index in [-0.39, 0.29) is 11.3 Å². The van der Waals surface area contributed by atoms with Crippen LogP contribution in [0.15, 0.2) is 0 Å². The van der Waals surface area contributed by atoms with E-state index in [1.54, 1.807) is 11.3 Å². The van der Waals surface area contributed by atoms with Crippen LogP contribution in [0.4, 0.5) is 5.00 Å². The van der Waals surface area contributed by atoms with Crippen molar-refractivity contribution in [2.24, 2.45) is 28.9 Å². The van der Waals surface area contributed by atoms with E-state index in [9.17, 15) is 9.59 Å². The van der Waals surface area contributed by atoms with Gasteiger partial charge in [-0.15, -0.1) is 11.3 Å². The summed E-state index contributed by atoms with van der Waals surface area (Å²) in [5.74, 6) is 1.92. The number of amides is 2. The molecule has 1 aliphatic heterocycles. The molecule has 140 valence electrons. The largest absolute Gasteiger partial charge is 0.365 e. The number of hydrogen-bond donors (Lipinski definition) is 2. The quantitative estimate of drug-likeness (QED) is 0.855. The van der Waals surface area contributed by atoms with E-state index in [4.69, 9.17) is 5.73 Å². The number of carbonyl (C=O) groups is 2. The molecule has 4 saturated carbocycles. The Bertz CT molecular complexity index is 749. The summed E-state index contributed by atoms with van der Waals surface area (Å²) in [6.45, 7) is 1.75. The van der Waals surface area contributed by atoms with E-state index in [0.29, 0.717) is 10.6 Å². The number of carbonyl (C=O) groups excluding carboxylic acids is 2. The summed E-state index contributed by atoms with van der Waals surface area (Å²) in [6, 6.07) is 0. The summed E-state index contributed by atoms with van der Waals surface area (Å²) >= 11 is 1.55. The highest BCUT2D eigenvalue weighted by Gasteiger charge is 2.54. The van der Waals surface area contributed by atoms with Crippen molar-refractivity contribution in [1.82, 2.24) is 4.90 Å². The van der Waals surface area contributed by atoms with Gasteiger partial charge in [-0.05, 0) is 75.3 Å². The van der Waals surface area contributed by atoms with Crippen molar-refractivity contribution in [2.75, 3.05) is 18.9 Å². The molecule has 2 heterocycles. The molecule has 0 spiro atoms. The maximum absolute atomic E-state index is 13.4. The van der Waals surface area contributed by atoms with Gasteiger partial charge in [0.2, 0.25) is 5.91 Å². The molecule has 2 amide bonds. The molecule has 4 aliphatic carbocycles. The number of rotatable bonds is 3. The van der Waals surface area contributed by atoms with Gasteiger partial charge >= 0.3 is 0 Å². The third kappa shape index (κ3) is 2.53. The van der Waals surface area contributed by atoms with Crippen LogP contribution in [0.5, 0.6) is 0 Å². The number of likely N-dealkylation sites (N-methyl/N-ethyl adjacent to an activating group) is 1. The van der Waals surface area contributed by atoms with Crippen LogP contribution in [0.25, 0.3) is 0 Å². The number of nitrogens with zero attached hydrogens (tertiary/aromatic N) is 1. The molecular weight excluding hydrogens is 346 g/mol. The van der Waals surface area contributed by atoms with Crippen molar-refractivity contribution in [1.29, 1.82) is 0 Å². The molecule has 1 aromatic heterocycles. The molecule has 6 rings (SSSR count). The SMILES string of the molecule is CN1CCc2c(sc(NC(=O)C34CC5CC(CC(C5)C3)C4)c2C(N)=O)C1. The van der Waals surface area contributed by atoms with E-state index < -0.39 is 5.91 Å². The Hall–Kier alpha value is -1.40. The smallest absolute Gasteiger partial charge is 0.251 e. The van der Waals surface area contributed by atoms with Gasteiger partial charge in [0.1, 0.15) is 5.00 Å². The molecule has 0 saturated heterocycles. The predicted octanol–water partition coefficient (Wildman–Crippen LogP) is 2.99. The van der Waals surface area contributed by atoms with Crippen LogP contribution in [-0.2, 0) is 17.8 Å². The van der Waals surface area contributed by atoms with Gasteiger partial charge in [0.25, 0.3) is 5.91 Å². The number of nitrogens with two attached hydrogens (primary N) is 1. The number of fused-ring (bicyclic) bond motifs is 1. The third-order valence-electron chi connectivity index (χ3n) is 7.24. The highest BCUT2D eigenvalue weighted by Crippen LogP contribution is 2.60. The summed E-state index contributed by atoms with van der Waals surface area (Å²) < 4.78 is 0. The first-order chi connectivity index (χ1) is 12.4. The van der Waals surface area contributed by atoms with Crippen LogP contribution in [0.3, 0.4) is 0 Å². The zero-order chi connectivity index (χ0) is 18.1. The predicted molar refractivity (Wildman–Crippen MR) is 102 cm³/mol. The zero-order valence-electron chi connectivity index (χ0n) is 15.3. The topological polar surface area (TPSA) is 75.4 Å². The lowest BCUT2D eigenvalue weighted by molar-refractivity contribution is -0.140. The molecule has 0 atom stereocenters. The highest BCUT2D eigenvalue weighted by atomic mass is 32.1. The standard InChI is InChI=1S/C20H27N3O2S/c1-23-3-2-14-15(10-23)26-18(16(14)17(21)24)22-19(25)20-7-11-4-12(8-20)6-13(5-11)9-20/h11-13H,2-10H2,1H3,(H2,21,24)(H,22,25). The summed E-state index contributed by atoms with van der Waals surface area (Å²) in [7, 11) is 2.08. The van der Waals surface area contributed by atoms with Gasteiger partial charge in [-0.1, -0.05) is 0 Å². The molecule has 1 aromatic rings. The molecular formula is C20H27N3O2S. The minimum atomic E-state index is -0.409. The van der Waals surface area contributed by atoms with Crippen molar-refractivity contribution in [2.45, 2.75) is 51.5 Å². The fraction of sp³-hybridized carbons (Fsp3) is 0.700. The van der Waals surface area contributed by atoms with Crippen molar-refractivity contribution in [3.63, 3.8) is 0 Å². The van der Waals surface area contributed by atoms with Crippen molar-refractivity contribution < 1.29 is 9.59 Å². The molecule has 0 unspecified atom stereocenters. The van der Waals surface area contributed by atoms with Gasteiger partial charge in [0, 0.05) is 18.0 Å².